The number of benzene rings is 4. The minimum Gasteiger partial charge on any atom is -0.493 e. The van der Waals surface area contributed by atoms with Crippen molar-refractivity contribution in [1.82, 2.24) is 0 Å². The fourth-order valence-electron chi connectivity index (χ4n) is 3.95. The monoisotopic (exact) mass is 465 g/mol. The molecule has 1 amide bonds. The van der Waals surface area contributed by atoms with Crippen LogP contribution in [0.25, 0.3) is 16.8 Å². The molecule has 176 valence electrons. The van der Waals surface area contributed by atoms with Gasteiger partial charge < -0.3 is 14.7 Å². The number of rotatable bonds is 9. The van der Waals surface area contributed by atoms with E-state index in [1.807, 2.05) is 60.7 Å². The lowest BCUT2D eigenvalue weighted by Crippen LogP contribution is -2.27. The van der Waals surface area contributed by atoms with E-state index in [4.69, 9.17) is 9.84 Å². The van der Waals surface area contributed by atoms with Crippen LogP contribution in [0.3, 0.4) is 0 Å². The van der Waals surface area contributed by atoms with Crippen LogP contribution < -0.4 is 9.64 Å². The van der Waals surface area contributed by atoms with Crippen LogP contribution in [0.15, 0.2) is 97.1 Å². The third kappa shape index (κ3) is 6.36. The van der Waals surface area contributed by atoms with Crippen molar-refractivity contribution in [2.75, 3.05) is 11.5 Å². The summed E-state index contributed by atoms with van der Waals surface area (Å²) in [4.78, 5) is 25.1. The van der Waals surface area contributed by atoms with Crippen molar-refractivity contribution in [2.45, 2.75) is 19.9 Å². The highest BCUT2D eigenvalue weighted by Crippen LogP contribution is 2.25. The van der Waals surface area contributed by atoms with Crippen LogP contribution in [0.4, 0.5) is 5.69 Å². The lowest BCUT2D eigenvalue weighted by Gasteiger charge is -2.22. The fraction of sp³-hybridized carbons (Fsp3) is 0.133. The number of ether oxygens (including phenoxy) is 1. The molecule has 4 aromatic rings. The number of hydrogen-bond acceptors (Lipinski definition) is 3. The highest BCUT2D eigenvalue weighted by Gasteiger charge is 2.13. The smallest absolute Gasteiger partial charge is 0.328 e. The summed E-state index contributed by atoms with van der Waals surface area (Å²) in [6.07, 6.45) is 3.33. The average molecular weight is 466 g/mol. The van der Waals surface area contributed by atoms with Gasteiger partial charge in [0.15, 0.2) is 0 Å². The molecule has 0 spiro atoms. The van der Waals surface area contributed by atoms with E-state index in [2.05, 4.69) is 30.3 Å². The zero-order chi connectivity index (χ0) is 24.6. The molecule has 0 unspecified atom stereocenters. The molecule has 4 rings (SSSR count). The second-order valence-corrected chi connectivity index (χ2v) is 8.26. The van der Waals surface area contributed by atoms with E-state index >= 15 is 0 Å². The highest BCUT2D eigenvalue weighted by molar-refractivity contribution is 5.91. The molecule has 0 aliphatic heterocycles. The van der Waals surface area contributed by atoms with Crippen LogP contribution in [0.5, 0.6) is 5.75 Å². The van der Waals surface area contributed by atoms with Gasteiger partial charge in [-0.1, -0.05) is 72.8 Å². The predicted molar refractivity (Wildman–Crippen MR) is 140 cm³/mol. The van der Waals surface area contributed by atoms with Crippen LogP contribution in [0.2, 0.25) is 0 Å². The van der Waals surface area contributed by atoms with E-state index in [0.29, 0.717) is 30.9 Å². The number of fused-ring (bicyclic) bond motifs is 1. The first-order valence-corrected chi connectivity index (χ1v) is 11.5. The number of anilines is 1. The van der Waals surface area contributed by atoms with E-state index in [-0.39, 0.29) is 5.91 Å². The maximum Gasteiger partial charge on any atom is 0.328 e. The fourth-order valence-corrected chi connectivity index (χ4v) is 3.95. The summed E-state index contributed by atoms with van der Waals surface area (Å²) in [7, 11) is 0. The summed E-state index contributed by atoms with van der Waals surface area (Å²) >= 11 is 0. The topological polar surface area (TPSA) is 66.8 Å². The van der Waals surface area contributed by atoms with Crippen molar-refractivity contribution in [3.8, 4) is 5.75 Å². The van der Waals surface area contributed by atoms with Gasteiger partial charge in [-0.3, -0.25) is 4.79 Å². The second kappa shape index (κ2) is 11.2. The first-order chi connectivity index (χ1) is 17.0. The molecule has 35 heavy (non-hydrogen) atoms. The van der Waals surface area contributed by atoms with E-state index in [0.717, 1.165) is 22.9 Å². The molecular weight excluding hydrogens is 438 g/mol. The Labute approximate surface area is 204 Å². The summed E-state index contributed by atoms with van der Waals surface area (Å²) < 4.78 is 6.13. The standard InChI is InChI=1S/C30H27NO4/c1-22(32)31(28-9-3-2-4-10-28)21-24-12-14-26(15-16-30(33)34)29(20-24)35-18-17-23-11-13-25-7-5-6-8-27(25)19-23/h2-16,19-20H,17-18,21H2,1H3,(H,33,34). The Balaban J connectivity index is 1.53. The highest BCUT2D eigenvalue weighted by atomic mass is 16.5. The van der Waals surface area contributed by atoms with Crippen molar-refractivity contribution in [3.63, 3.8) is 0 Å². The molecule has 4 aromatic carbocycles. The normalized spacial score (nSPS) is 11.0. The van der Waals surface area contributed by atoms with Gasteiger partial charge in [0.25, 0.3) is 0 Å². The largest absolute Gasteiger partial charge is 0.493 e. The molecule has 0 saturated heterocycles. The molecule has 0 fully saturated rings. The van der Waals surface area contributed by atoms with Gasteiger partial charge in [0.2, 0.25) is 5.91 Å². The molecular formula is C30H27NO4. The van der Waals surface area contributed by atoms with E-state index in [1.165, 1.54) is 23.8 Å². The molecule has 5 heteroatoms. The molecule has 0 aliphatic rings. The van der Waals surface area contributed by atoms with Gasteiger partial charge in [0.1, 0.15) is 5.75 Å². The van der Waals surface area contributed by atoms with Crippen molar-refractivity contribution in [3.05, 3.63) is 114 Å². The maximum atomic E-state index is 12.3. The van der Waals surface area contributed by atoms with Crippen LogP contribution in [0.1, 0.15) is 23.6 Å². The molecule has 5 nitrogen and oxygen atoms in total. The van der Waals surface area contributed by atoms with Gasteiger partial charge in [-0.25, -0.2) is 4.79 Å². The number of nitrogens with zero attached hydrogens (tertiary/aromatic N) is 1. The van der Waals surface area contributed by atoms with E-state index < -0.39 is 5.97 Å². The summed E-state index contributed by atoms with van der Waals surface area (Å²) in [5, 5.41) is 11.4. The number of carbonyl (C=O) groups excluding carboxylic acids is 1. The zero-order valence-electron chi connectivity index (χ0n) is 19.6. The quantitative estimate of drug-likeness (QED) is 0.303. The Morgan fingerprint density at radius 3 is 2.31 bits per heavy atom. The zero-order valence-corrected chi connectivity index (χ0v) is 19.6. The lowest BCUT2D eigenvalue weighted by molar-refractivity contribution is -0.131. The Morgan fingerprint density at radius 1 is 0.857 bits per heavy atom. The van der Waals surface area contributed by atoms with E-state index in [1.54, 1.807) is 4.90 Å². The number of hydrogen-bond donors (Lipinski definition) is 1. The van der Waals surface area contributed by atoms with Gasteiger partial charge in [-0.2, -0.15) is 0 Å². The van der Waals surface area contributed by atoms with Crippen molar-refractivity contribution >= 4 is 34.4 Å². The second-order valence-electron chi connectivity index (χ2n) is 8.26. The Kier molecular flexibility index (Phi) is 7.58. The first kappa shape index (κ1) is 23.8. The minimum absolute atomic E-state index is 0.0650. The molecule has 0 radical (unpaired) electrons. The number of aliphatic carboxylic acids is 1. The molecule has 0 bridgehead atoms. The number of para-hydroxylation sites is 1. The minimum atomic E-state index is -1.02. The van der Waals surface area contributed by atoms with Crippen LogP contribution >= 0.6 is 0 Å². The van der Waals surface area contributed by atoms with Crippen molar-refractivity contribution in [1.29, 1.82) is 0 Å². The molecule has 0 atom stereocenters. The first-order valence-electron chi connectivity index (χ1n) is 11.5. The van der Waals surface area contributed by atoms with E-state index in [9.17, 15) is 9.59 Å². The van der Waals surface area contributed by atoms with Crippen LogP contribution in [-0.4, -0.2) is 23.6 Å². The number of amides is 1. The third-order valence-corrected chi connectivity index (χ3v) is 5.73. The molecule has 0 aliphatic carbocycles. The van der Waals surface area contributed by atoms with Gasteiger partial charge in [-0.05, 0) is 46.2 Å². The predicted octanol–water partition coefficient (Wildman–Crippen LogP) is 6.11. The summed E-state index contributed by atoms with van der Waals surface area (Å²) in [5.74, 6) is -0.509. The van der Waals surface area contributed by atoms with Crippen LogP contribution in [0, 0.1) is 0 Å². The average Bonchev–Trinajstić information content (AvgIpc) is 2.87. The maximum absolute atomic E-state index is 12.3. The molecule has 0 aromatic heterocycles. The Morgan fingerprint density at radius 2 is 1.57 bits per heavy atom. The number of carbonyl (C=O) groups is 2. The third-order valence-electron chi connectivity index (χ3n) is 5.73. The summed E-state index contributed by atoms with van der Waals surface area (Å²) in [6, 6.07) is 29.7. The number of carboxylic acid groups (broad SMARTS) is 1. The van der Waals surface area contributed by atoms with Crippen molar-refractivity contribution < 1.29 is 19.4 Å². The lowest BCUT2D eigenvalue weighted by atomic mass is 10.1. The van der Waals surface area contributed by atoms with Gasteiger partial charge in [-0.15, -0.1) is 0 Å². The van der Waals surface area contributed by atoms with Gasteiger partial charge in [0.05, 0.1) is 13.2 Å². The Bertz CT molecular complexity index is 1360. The van der Waals surface area contributed by atoms with Gasteiger partial charge in [0, 0.05) is 30.7 Å². The van der Waals surface area contributed by atoms with Gasteiger partial charge >= 0.3 is 5.97 Å². The summed E-state index contributed by atoms with van der Waals surface area (Å²) in [5.41, 5.74) is 3.53. The summed E-state index contributed by atoms with van der Waals surface area (Å²) in [6.45, 7) is 2.35. The molecule has 1 N–H and O–H groups in total. The van der Waals surface area contributed by atoms with Crippen LogP contribution in [-0.2, 0) is 22.6 Å². The Hall–Kier alpha value is -4.38. The molecule has 0 heterocycles. The van der Waals surface area contributed by atoms with Crippen molar-refractivity contribution in [2.24, 2.45) is 0 Å². The SMILES string of the molecule is CC(=O)N(Cc1ccc(C=CC(=O)O)c(OCCc2ccc3ccccc3c2)c1)c1ccccc1. The number of carboxylic acids is 1. The molecule has 0 saturated carbocycles.